The molecule has 3 heterocycles. The normalized spacial score (nSPS) is 11.7. The fourth-order valence-electron chi connectivity index (χ4n) is 5.36. The van der Waals surface area contributed by atoms with Gasteiger partial charge in [0, 0.05) is 44.3 Å². The minimum atomic E-state index is -0.143. The lowest BCUT2D eigenvalue weighted by Gasteiger charge is -2.21. The van der Waals surface area contributed by atoms with Crippen molar-refractivity contribution >= 4 is 21.8 Å². The summed E-state index contributed by atoms with van der Waals surface area (Å²) in [7, 11) is 0. The van der Waals surface area contributed by atoms with E-state index in [1.54, 1.807) is 0 Å². The highest BCUT2D eigenvalue weighted by molar-refractivity contribution is 6.08. The molecule has 0 fully saturated rings. The van der Waals surface area contributed by atoms with Gasteiger partial charge in [0.05, 0.1) is 11.0 Å². The van der Waals surface area contributed by atoms with Crippen LogP contribution < -0.4 is 0 Å². The number of benzene rings is 4. The van der Waals surface area contributed by atoms with Crippen molar-refractivity contribution in [3.8, 4) is 45.3 Å². The van der Waals surface area contributed by atoms with Crippen molar-refractivity contribution in [2.24, 2.45) is 0 Å². The molecule has 5 nitrogen and oxygen atoms in total. The maximum atomic E-state index is 5.18. The molecule has 0 saturated carbocycles. The van der Waals surface area contributed by atoms with Crippen LogP contribution in [0.1, 0.15) is 32.2 Å². The number of aryl methyl sites for hydroxylation is 1. The molecule has 0 aliphatic heterocycles. The van der Waals surface area contributed by atoms with Gasteiger partial charge < -0.3 is 0 Å². The largest absolute Gasteiger partial charge is 0.251 e. The third-order valence-corrected chi connectivity index (χ3v) is 7.68. The molecule has 0 aliphatic carbocycles. The average molecular weight is 558 g/mol. The van der Waals surface area contributed by atoms with Crippen LogP contribution in [0.15, 0.2) is 115 Å². The zero-order valence-corrected chi connectivity index (χ0v) is 24.7. The Hall–Kier alpha value is -5.29. The maximum Gasteiger partial charge on any atom is 0.164 e. The van der Waals surface area contributed by atoms with Gasteiger partial charge in [-0.15, -0.1) is 0 Å². The lowest BCUT2D eigenvalue weighted by molar-refractivity contribution is 0.572. The SMILES string of the molecule is Cc1ccc2ccc3c(-c4cccc(-c5nc(-c6ccccc6)nc(-c6ccccc6)n5)c4)cc(C(C)(C)C)nc3c2n1. The van der Waals surface area contributed by atoms with Crippen molar-refractivity contribution in [1.82, 2.24) is 24.9 Å². The molecule has 7 rings (SSSR count). The van der Waals surface area contributed by atoms with Crippen LogP contribution >= 0.6 is 0 Å². The molecule has 0 radical (unpaired) electrons. The molecule has 0 atom stereocenters. The van der Waals surface area contributed by atoms with E-state index >= 15 is 0 Å². The molecule has 0 amide bonds. The Morgan fingerprint density at radius 3 is 1.65 bits per heavy atom. The van der Waals surface area contributed by atoms with Crippen molar-refractivity contribution in [2.75, 3.05) is 0 Å². The molecule has 0 bridgehead atoms. The smallest absolute Gasteiger partial charge is 0.164 e. The van der Waals surface area contributed by atoms with Crippen molar-refractivity contribution in [3.63, 3.8) is 0 Å². The lowest BCUT2D eigenvalue weighted by atomic mass is 9.88. The van der Waals surface area contributed by atoms with Gasteiger partial charge in [-0.3, -0.25) is 4.98 Å². The molecule has 3 aromatic heterocycles. The van der Waals surface area contributed by atoms with E-state index in [0.29, 0.717) is 17.5 Å². The van der Waals surface area contributed by atoms with Crippen molar-refractivity contribution in [2.45, 2.75) is 33.1 Å². The molecule has 5 heteroatoms. The number of nitrogens with zero attached hydrogens (tertiary/aromatic N) is 5. The molecule has 0 N–H and O–H groups in total. The van der Waals surface area contributed by atoms with Crippen LogP contribution in [0.3, 0.4) is 0 Å². The summed E-state index contributed by atoms with van der Waals surface area (Å²) in [6.07, 6.45) is 0. The number of hydrogen-bond acceptors (Lipinski definition) is 5. The van der Waals surface area contributed by atoms with Crippen LogP contribution in [0.5, 0.6) is 0 Å². The van der Waals surface area contributed by atoms with E-state index in [1.165, 1.54) is 0 Å². The molecule has 0 saturated heterocycles. The Morgan fingerprint density at radius 1 is 0.465 bits per heavy atom. The van der Waals surface area contributed by atoms with Gasteiger partial charge in [-0.25, -0.2) is 19.9 Å². The summed E-state index contributed by atoms with van der Waals surface area (Å²) in [4.78, 5) is 24.9. The molecule has 0 aliphatic rings. The molecule has 0 spiro atoms. The summed E-state index contributed by atoms with van der Waals surface area (Å²) >= 11 is 0. The zero-order valence-electron chi connectivity index (χ0n) is 24.7. The van der Waals surface area contributed by atoms with Crippen molar-refractivity contribution < 1.29 is 0 Å². The fraction of sp³-hybridized carbons (Fsp3) is 0.132. The topological polar surface area (TPSA) is 64.5 Å². The van der Waals surface area contributed by atoms with Crippen molar-refractivity contribution in [1.29, 1.82) is 0 Å². The summed E-state index contributed by atoms with van der Waals surface area (Å²) in [5.74, 6) is 1.92. The summed E-state index contributed by atoms with van der Waals surface area (Å²) in [6, 6.07) is 39.3. The summed E-state index contributed by atoms with van der Waals surface area (Å²) in [5, 5.41) is 2.16. The van der Waals surface area contributed by atoms with Gasteiger partial charge in [0.1, 0.15) is 0 Å². The van der Waals surface area contributed by atoms with Gasteiger partial charge in [0.25, 0.3) is 0 Å². The van der Waals surface area contributed by atoms with E-state index in [0.717, 1.165) is 61.0 Å². The predicted octanol–water partition coefficient (Wildman–Crippen LogP) is 9.24. The molecule has 4 aromatic carbocycles. The number of pyridine rings is 2. The van der Waals surface area contributed by atoms with Crippen LogP contribution in [-0.2, 0) is 5.41 Å². The van der Waals surface area contributed by atoms with Gasteiger partial charge in [0.15, 0.2) is 17.5 Å². The average Bonchev–Trinajstić information content (AvgIpc) is 3.04. The van der Waals surface area contributed by atoms with Gasteiger partial charge in [-0.05, 0) is 36.2 Å². The van der Waals surface area contributed by atoms with Gasteiger partial charge in [0.2, 0.25) is 0 Å². The van der Waals surface area contributed by atoms with Crippen LogP contribution in [0.4, 0.5) is 0 Å². The second-order valence-corrected chi connectivity index (χ2v) is 11.9. The Morgan fingerprint density at radius 2 is 1.02 bits per heavy atom. The summed E-state index contributed by atoms with van der Waals surface area (Å²) < 4.78 is 0. The number of rotatable bonds is 4. The molecule has 7 aromatic rings. The standard InChI is InChI=1S/C38H31N5/c1-24-18-19-25-20-21-30-31(23-32(38(2,3)4)40-34(30)33(25)39-24)28-16-11-17-29(22-28)37-42-35(26-12-7-5-8-13-26)41-36(43-37)27-14-9-6-10-15-27/h5-23H,1-4H3. The quantitative estimate of drug-likeness (QED) is 0.202. The van der Waals surface area contributed by atoms with Crippen LogP contribution in [-0.4, -0.2) is 24.9 Å². The first-order chi connectivity index (χ1) is 20.8. The third kappa shape index (κ3) is 5.15. The van der Waals surface area contributed by atoms with Crippen LogP contribution in [0, 0.1) is 6.92 Å². The van der Waals surface area contributed by atoms with E-state index < -0.39 is 0 Å². The van der Waals surface area contributed by atoms with Crippen LogP contribution in [0.25, 0.3) is 67.1 Å². The van der Waals surface area contributed by atoms with E-state index in [-0.39, 0.29) is 5.41 Å². The number of aromatic nitrogens is 5. The maximum absolute atomic E-state index is 5.18. The summed E-state index contributed by atoms with van der Waals surface area (Å²) in [6.45, 7) is 8.63. The first-order valence-corrected chi connectivity index (χ1v) is 14.5. The molecule has 208 valence electrons. The second kappa shape index (κ2) is 10.5. The van der Waals surface area contributed by atoms with Gasteiger partial charge in [-0.1, -0.05) is 118 Å². The van der Waals surface area contributed by atoms with Gasteiger partial charge in [-0.2, -0.15) is 0 Å². The molecular formula is C38H31N5. The Balaban J connectivity index is 1.44. The number of fused-ring (bicyclic) bond motifs is 3. The van der Waals surface area contributed by atoms with Crippen LogP contribution in [0.2, 0.25) is 0 Å². The van der Waals surface area contributed by atoms with Crippen molar-refractivity contribution in [3.05, 3.63) is 127 Å². The second-order valence-electron chi connectivity index (χ2n) is 11.9. The minimum Gasteiger partial charge on any atom is -0.251 e. The van der Waals surface area contributed by atoms with E-state index in [1.807, 2.05) is 73.7 Å². The molecule has 0 unspecified atom stereocenters. The fourth-order valence-corrected chi connectivity index (χ4v) is 5.36. The first-order valence-electron chi connectivity index (χ1n) is 14.5. The monoisotopic (exact) mass is 557 g/mol. The predicted molar refractivity (Wildman–Crippen MR) is 176 cm³/mol. The minimum absolute atomic E-state index is 0.143. The highest BCUT2D eigenvalue weighted by Gasteiger charge is 2.21. The number of hydrogen-bond donors (Lipinski definition) is 0. The van der Waals surface area contributed by atoms with E-state index in [2.05, 4.69) is 69.3 Å². The zero-order chi connectivity index (χ0) is 29.6. The Kier molecular flexibility index (Phi) is 6.51. The van der Waals surface area contributed by atoms with E-state index in [9.17, 15) is 0 Å². The molecular weight excluding hydrogens is 526 g/mol. The summed E-state index contributed by atoms with van der Waals surface area (Å²) in [5.41, 5.74) is 8.72. The molecule has 43 heavy (non-hydrogen) atoms. The highest BCUT2D eigenvalue weighted by Crippen LogP contribution is 2.37. The Labute approximate surface area is 251 Å². The highest BCUT2D eigenvalue weighted by atomic mass is 15.0. The Bertz CT molecular complexity index is 2060. The first kappa shape index (κ1) is 26.6. The lowest BCUT2D eigenvalue weighted by Crippen LogP contribution is -2.14. The third-order valence-electron chi connectivity index (χ3n) is 7.68. The van der Waals surface area contributed by atoms with Gasteiger partial charge >= 0.3 is 0 Å². The van der Waals surface area contributed by atoms with E-state index in [4.69, 9.17) is 24.9 Å².